The van der Waals surface area contributed by atoms with Crippen LogP contribution in [0.5, 0.6) is 0 Å². The van der Waals surface area contributed by atoms with Crippen LogP contribution in [0.4, 0.5) is 11.5 Å². The average molecular weight is 500 g/mol. The van der Waals surface area contributed by atoms with Crippen LogP contribution in [0.2, 0.25) is 0 Å². The normalized spacial score (nSPS) is 17.7. The molecule has 2 amide bonds. The van der Waals surface area contributed by atoms with E-state index in [2.05, 4.69) is 15.5 Å². The number of sulfone groups is 1. The van der Waals surface area contributed by atoms with Gasteiger partial charge in [-0.15, -0.1) is 5.10 Å². The standard InChI is InChI=1S/C25H33N5O4S/c1-25(2,3)15-23(31)29-13-10-21(11-14-29)35(33,34)20-8-6-19(7-9-20)27-24(32)18-16-30(17-18)22-5-4-12-26-28-22/h4-9,12,18,21H,10-11,13-17H2,1-3H3,(H,27,32). The average Bonchev–Trinajstić information content (AvgIpc) is 2.78. The third-order valence-electron chi connectivity index (χ3n) is 6.50. The van der Waals surface area contributed by atoms with E-state index in [0.29, 0.717) is 51.1 Å². The molecule has 0 bridgehead atoms. The van der Waals surface area contributed by atoms with Gasteiger partial charge in [0.25, 0.3) is 0 Å². The van der Waals surface area contributed by atoms with Crippen LogP contribution >= 0.6 is 0 Å². The smallest absolute Gasteiger partial charge is 0.231 e. The predicted octanol–water partition coefficient (Wildman–Crippen LogP) is 2.75. The molecule has 9 nitrogen and oxygen atoms in total. The molecular formula is C25H33N5O4S. The quantitative estimate of drug-likeness (QED) is 0.650. The van der Waals surface area contributed by atoms with Crippen molar-refractivity contribution in [3.05, 3.63) is 42.6 Å². The number of hydrogen-bond acceptors (Lipinski definition) is 7. The summed E-state index contributed by atoms with van der Waals surface area (Å²) in [4.78, 5) is 29.0. The summed E-state index contributed by atoms with van der Waals surface area (Å²) in [6.07, 6.45) is 2.92. The molecule has 4 rings (SSSR count). The summed E-state index contributed by atoms with van der Waals surface area (Å²) >= 11 is 0. The Hall–Kier alpha value is -3.01. The number of aromatic nitrogens is 2. The third kappa shape index (κ3) is 5.98. The molecule has 2 aliphatic rings. The first-order valence-electron chi connectivity index (χ1n) is 12.0. The number of piperidine rings is 1. The molecule has 35 heavy (non-hydrogen) atoms. The molecule has 188 valence electrons. The maximum Gasteiger partial charge on any atom is 0.231 e. The Bertz CT molecular complexity index is 1150. The van der Waals surface area contributed by atoms with E-state index in [4.69, 9.17) is 0 Å². The first-order chi connectivity index (χ1) is 16.5. The van der Waals surface area contributed by atoms with Gasteiger partial charge in [0.05, 0.1) is 16.1 Å². The number of nitrogens with one attached hydrogen (secondary N) is 1. The van der Waals surface area contributed by atoms with Crippen LogP contribution in [0.1, 0.15) is 40.0 Å². The van der Waals surface area contributed by atoms with Crippen LogP contribution in [0.15, 0.2) is 47.5 Å². The Morgan fingerprint density at radius 1 is 1.06 bits per heavy atom. The van der Waals surface area contributed by atoms with Crippen molar-refractivity contribution in [2.75, 3.05) is 36.4 Å². The molecule has 3 heterocycles. The van der Waals surface area contributed by atoms with Crippen molar-refractivity contribution < 1.29 is 18.0 Å². The van der Waals surface area contributed by atoms with Gasteiger partial charge >= 0.3 is 0 Å². The van der Waals surface area contributed by atoms with Crippen molar-refractivity contribution in [1.29, 1.82) is 0 Å². The Kier molecular flexibility index (Phi) is 7.12. The third-order valence-corrected chi connectivity index (χ3v) is 8.78. The Labute approximate surface area is 206 Å². The van der Waals surface area contributed by atoms with Crippen LogP contribution in [-0.2, 0) is 19.4 Å². The topological polar surface area (TPSA) is 113 Å². The number of likely N-dealkylation sites (tertiary alicyclic amines) is 1. The summed E-state index contributed by atoms with van der Waals surface area (Å²) in [5.41, 5.74) is 0.473. The molecule has 2 aliphatic heterocycles. The van der Waals surface area contributed by atoms with Crippen LogP contribution in [0.3, 0.4) is 0 Å². The van der Waals surface area contributed by atoms with Crippen molar-refractivity contribution in [2.24, 2.45) is 11.3 Å². The number of anilines is 2. The molecule has 0 spiro atoms. The number of benzene rings is 1. The summed E-state index contributed by atoms with van der Waals surface area (Å²) in [6.45, 7) is 8.11. The van der Waals surface area contributed by atoms with Crippen molar-refractivity contribution in [2.45, 2.75) is 50.2 Å². The van der Waals surface area contributed by atoms with Gasteiger partial charge in [-0.3, -0.25) is 9.59 Å². The minimum Gasteiger partial charge on any atom is -0.353 e. The van der Waals surface area contributed by atoms with E-state index < -0.39 is 15.1 Å². The van der Waals surface area contributed by atoms with Crippen molar-refractivity contribution in [1.82, 2.24) is 15.1 Å². The SMILES string of the molecule is CC(C)(C)CC(=O)N1CCC(S(=O)(=O)c2ccc(NC(=O)C3CN(c4cccnn4)C3)cc2)CC1. The Balaban J connectivity index is 1.29. The van der Waals surface area contributed by atoms with Gasteiger partial charge in [0.15, 0.2) is 15.7 Å². The molecule has 2 aromatic rings. The number of hydrogen-bond donors (Lipinski definition) is 1. The van der Waals surface area contributed by atoms with E-state index in [1.165, 1.54) is 0 Å². The van der Waals surface area contributed by atoms with Crippen LogP contribution < -0.4 is 10.2 Å². The van der Waals surface area contributed by atoms with Gasteiger partial charge in [0.1, 0.15) is 0 Å². The molecule has 1 aromatic carbocycles. The molecule has 1 N–H and O–H groups in total. The molecular weight excluding hydrogens is 466 g/mol. The molecule has 10 heteroatoms. The van der Waals surface area contributed by atoms with E-state index >= 15 is 0 Å². The molecule has 2 fully saturated rings. The number of amides is 2. The molecule has 2 saturated heterocycles. The van der Waals surface area contributed by atoms with E-state index in [9.17, 15) is 18.0 Å². The zero-order valence-corrected chi connectivity index (χ0v) is 21.3. The zero-order valence-electron chi connectivity index (χ0n) is 20.5. The van der Waals surface area contributed by atoms with Gasteiger partial charge in [-0.1, -0.05) is 20.8 Å². The minimum absolute atomic E-state index is 0.0831. The summed E-state index contributed by atoms with van der Waals surface area (Å²) in [6, 6.07) is 10.0. The minimum atomic E-state index is -3.51. The highest BCUT2D eigenvalue weighted by Crippen LogP contribution is 2.28. The fourth-order valence-electron chi connectivity index (χ4n) is 4.44. The van der Waals surface area contributed by atoms with Gasteiger partial charge in [-0.2, -0.15) is 5.10 Å². The van der Waals surface area contributed by atoms with E-state index in [-0.39, 0.29) is 28.0 Å². The fourth-order valence-corrected chi connectivity index (χ4v) is 6.17. The van der Waals surface area contributed by atoms with Gasteiger partial charge in [-0.25, -0.2) is 8.42 Å². The zero-order chi connectivity index (χ0) is 25.2. The number of carbonyl (C=O) groups is 2. The highest BCUT2D eigenvalue weighted by molar-refractivity contribution is 7.92. The van der Waals surface area contributed by atoms with E-state index in [0.717, 1.165) is 5.82 Å². The van der Waals surface area contributed by atoms with Gasteiger partial charge in [0, 0.05) is 44.5 Å². The van der Waals surface area contributed by atoms with Crippen molar-refractivity contribution >= 4 is 33.2 Å². The molecule has 0 radical (unpaired) electrons. The predicted molar refractivity (Wildman–Crippen MR) is 134 cm³/mol. The molecule has 0 aliphatic carbocycles. The molecule has 0 unspecified atom stereocenters. The fraction of sp³-hybridized carbons (Fsp3) is 0.520. The Morgan fingerprint density at radius 3 is 2.29 bits per heavy atom. The van der Waals surface area contributed by atoms with E-state index in [1.807, 2.05) is 31.7 Å². The lowest BCUT2D eigenvalue weighted by Crippen LogP contribution is -2.52. The largest absolute Gasteiger partial charge is 0.353 e. The molecule has 1 aromatic heterocycles. The first kappa shape index (κ1) is 25.1. The van der Waals surface area contributed by atoms with Crippen LogP contribution in [-0.4, -0.2) is 66.8 Å². The second kappa shape index (κ2) is 9.93. The lowest BCUT2D eigenvalue weighted by molar-refractivity contribution is -0.133. The molecule has 0 saturated carbocycles. The summed E-state index contributed by atoms with van der Waals surface area (Å²) in [7, 11) is -3.51. The number of carbonyl (C=O) groups excluding carboxylic acids is 2. The van der Waals surface area contributed by atoms with Crippen molar-refractivity contribution in [3.63, 3.8) is 0 Å². The monoisotopic (exact) mass is 499 g/mol. The highest BCUT2D eigenvalue weighted by atomic mass is 32.2. The second-order valence-electron chi connectivity index (χ2n) is 10.6. The van der Waals surface area contributed by atoms with Crippen molar-refractivity contribution in [3.8, 4) is 0 Å². The summed E-state index contributed by atoms with van der Waals surface area (Å²) in [5.74, 6) is 0.565. The van der Waals surface area contributed by atoms with Gasteiger partial charge < -0.3 is 15.1 Å². The highest BCUT2D eigenvalue weighted by Gasteiger charge is 2.35. The van der Waals surface area contributed by atoms with Gasteiger partial charge in [-0.05, 0) is 54.7 Å². The number of rotatable bonds is 6. The summed E-state index contributed by atoms with van der Waals surface area (Å²) in [5, 5.41) is 10.3. The number of nitrogens with zero attached hydrogens (tertiary/aromatic N) is 4. The Morgan fingerprint density at radius 2 is 1.71 bits per heavy atom. The van der Waals surface area contributed by atoms with E-state index in [1.54, 1.807) is 41.4 Å². The maximum atomic E-state index is 13.2. The maximum absolute atomic E-state index is 13.2. The lowest BCUT2D eigenvalue weighted by Gasteiger charge is -2.38. The molecule has 0 atom stereocenters. The van der Waals surface area contributed by atoms with Gasteiger partial charge in [0.2, 0.25) is 11.8 Å². The summed E-state index contributed by atoms with van der Waals surface area (Å²) < 4.78 is 26.3. The first-order valence-corrected chi connectivity index (χ1v) is 13.5. The van der Waals surface area contributed by atoms with Crippen LogP contribution in [0.25, 0.3) is 0 Å². The second-order valence-corrected chi connectivity index (χ2v) is 12.8. The lowest BCUT2D eigenvalue weighted by atomic mass is 9.91. The van der Waals surface area contributed by atoms with Crippen LogP contribution in [0, 0.1) is 11.3 Å².